The van der Waals surface area contributed by atoms with E-state index in [1.54, 1.807) is 69.2 Å². The first-order valence-electron chi connectivity index (χ1n) is 24.4. The van der Waals surface area contributed by atoms with Crippen molar-refractivity contribution in [1.82, 2.24) is 0 Å². The van der Waals surface area contributed by atoms with E-state index >= 15 is 0 Å². The maximum Gasteiger partial charge on any atom is 0.509 e. The van der Waals surface area contributed by atoms with Crippen molar-refractivity contribution in [2.45, 2.75) is 210 Å². The topological polar surface area (TPSA) is 225 Å². The van der Waals surface area contributed by atoms with Crippen LogP contribution >= 0.6 is 15.9 Å². The summed E-state index contributed by atoms with van der Waals surface area (Å²) in [7, 11) is 5.45. The minimum Gasteiger partial charge on any atom is -0.633 e. The number of ether oxygens (including phenoxy) is 12. The van der Waals surface area contributed by atoms with Gasteiger partial charge in [0.05, 0.1) is 74.2 Å². The smallest absolute Gasteiger partial charge is 0.509 e. The molecule has 0 saturated carbocycles. The lowest BCUT2D eigenvalue weighted by Gasteiger charge is -2.54. The molecule has 400 valence electrons. The molecule has 2 bridgehead atoms. The number of hydroxylamine groups is 3. The highest BCUT2D eigenvalue weighted by atomic mass is 79.9. The Morgan fingerprint density at radius 3 is 2.09 bits per heavy atom. The molecule has 0 aromatic heterocycles. The fourth-order valence-electron chi connectivity index (χ4n) is 11.1. The Morgan fingerprint density at radius 1 is 0.857 bits per heavy atom. The van der Waals surface area contributed by atoms with Crippen LogP contribution in [0.1, 0.15) is 108 Å². The number of benzene rings is 1. The Kier molecular flexibility index (Phi) is 18.9. The molecule has 0 amide bonds. The first kappa shape index (κ1) is 58.2. The third kappa shape index (κ3) is 13.0. The number of esters is 1. The quantitative estimate of drug-likeness (QED) is 0.0754. The summed E-state index contributed by atoms with van der Waals surface area (Å²) in [6.45, 7) is 20.8. The van der Waals surface area contributed by atoms with E-state index in [4.69, 9.17) is 56.8 Å². The summed E-state index contributed by atoms with van der Waals surface area (Å²) in [4.78, 5) is 40.0. The number of likely N-dealkylation sites (N-methyl/N-ethyl adjacent to an activating group) is 1. The largest absolute Gasteiger partial charge is 0.633 e. The van der Waals surface area contributed by atoms with E-state index in [0.717, 1.165) is 12.7 Å². The van der Waals surface area contributed by atoms with Crippen molar-refractivity contribution in [3.8, 4) is 0 Å². The molecule has 4 heterocycles. The van der Waals surface area contributed by atoms with Crippen LogP contribution in [0.3, 0.4) is 0 Å². The SMILES string of the molecule is CC[C@H]1OC(=O)[C@H](C)[C@@H](O[C@@H]2O[C@@H](C)[C@H](OC(=O)OCc3ccccc3)[C@@](C)(OC)[C@@H]2Br)[C@H](C)[C@@H](O[C@@H]2O[C@H](C)C[C@H]([N+](C)(C)[O-])[C@H]2OC(=O)OC)[C@](C)(O)C[C@@H](C)[C@@H]2OC(C)(C)O[C@H]([C@H]2C)[C@]1(C)O. The number of fused-ring (bicyclic) bond motifs is 2. The van der Waals surface area contributed by atoms with E-state index in [0.29, 0.717) is 0 Å². The zero-order valence-corrected chi connectivity index (χ0v) is 45.4. The van der Waals surface area contributed by atoms with E-state index in [1.807, 2.05) is 44.2 Å². The zero-order chi connectivity index (χ0) is 52.5. The lowest BCUT2D eigenvalue weighted by Crippen LogP contribution is -2.66. The van der Waals surface area contributed by atoms with Gasteiger partial charge in [-0.25, -0.2) is 9.59 Å². The van der Waals surface area contributed by atoms with Crippen molar-refractivity contribution in [1.29, 1.82) is 0 Å². The van der Waals surface area contributed by atoms with Crippen LogP contribution in [0.15, 0.2) is 30.3 Å². The number of carbonyl (C=O) groups excluding carboxylic acids is 3. The molecule has 4 saturated heterocycles. The lowest BCUT2D eigenvalue weighted by atomic mass is 9.72. The van der Waals surface area contributed by atoms with Gasteiger partial charge >= 0.3 is 18.3 Å². The second kappa shape index (κ2) is 22.8. The van der Waals surface area contributed by atoms with Crippen molar-refractivity contribution >= 4 is 34.2 Å². The molecule has 4 aliphatic rings. The number of aliphatic hydroxyl groups is 2. The number of hydrogen-bond donors (Lipinski definition) is 2. The summed E-state index contributed by atoms with van der Waals surface area (Å²) < 4.78 is 73.4. The molecule has 0 aliphatic carbocycles. The summed E-state index contributed by atoms with van der Waals surface area (Å²) in [5.41, 5.74) is -4.14. The molecule has 5 rings (SSSR count). The average Bonchev–Trinajstić information content (AvgIpc) is 3.28. The highest BCUT2D eigenvalue weighted by Crippen LogP contribution is 2.47. The van der Waals surface area contributed by atoms with E-state index in [1.165, 1.54) is 21.2 Å². The number of nitrogens with zero attached hydrogens (tertiary/aromatic N) is 1. The number of quaternary nitrogens is 1. The molecule has 2 N–H and O–H groups in total. The summed E-state index contributed by atoms with van der Waals surface area (Å²) in [6, 6.07) is 8.23. The van der Waals surface area contributed by atoms with E-state index in [9.17, 15) is 29.8 Å². The summed E-state index contributed by atoms with van der Waals surface area (Å²) in [5.74, 6) is -5.05. The maximum absolute atomic E-state index is 14.8. The standard InChI is InChI=1S/C50H80BrNO18/c1-17-34-49(11,57)40-28(4)35(69-47(8,9)70-40)26(2)24-48(10,56)39(67-43-37(66-45(54)59-15)33(52(13,14)58)23-27(3)62-43)29(5)36(30(6)42(53)64-34)65-44-38(51)50(12,60-16)41(31(7)63-44)68-46(55)61-25-32-21-19-18-20-22-32/h18-22,26-31,33-41,43-44,56-57H,17,23-25H2,1-16H3/t26-,27-,28+,29+,30-,31+,33+,34-,35+,36+,37-,38-,39-,40-,41+,43+,44+,48-,49-,50+/m1/s1. The molecule has 20 heteroatoms. The fraction of sp³-hybridized carbons (Fsp3) is 0.820. The molecule has 0 radical (unpaired) electrons. The van der Waals surface area contributed by atoms with Gasteiger partial charge in [-0.2, -0.15) is 0 Å². The highest BCUT2D eigenvalue weighted by molar-refractivity contribution is 9.09. The van der Waals surface area contributed by atoms with Gasteiger partial charge in [0.25, 0.3) is 0 Å². The Labute approximate surface area is 421 Å². The van der Waals surface area contributed by atoms with Crippen molar-refractivity contribution < 1.29 is 86.1 Å². The fourth-order valence-corrected chi connectivity index (χ4v) is 11.8. The first-order chi connectivity index (χ1) is 32.4. The monoisotopic (exact) mass is 1060 g/mol. The minimum atomic E-state index is -1.84. The molecular formula is C50H80BrNO18. The molecule has 1 aromatic carbocycles. The van der Waals surface area contributed by atoms with Gasteiger partial charge in [0.15, 0.2) is 18.2 Å². The minimum absolute atomic E-state index is 0.0151. The second-order valence-corrected chi connectivity index (χ2v) is 22.4. The number of hydrogen-bond acceptors (Lipinski definition) is 18. The Hall–Kier alpha value is -2.73. The van der Waals surface area contributed by atoms with E-state index < -0.39 is 148 Å². The number of halogens is 1. The predicted molar refractivity (Wildman–Crippen MR) is 256 cm³/mol. The van der Waals surface area contributed by atoms with Crippen LogP contribution in [-0.2, 0) is 68.2 Å². The second-order valence-electron chi connectivity index (χ2n) is 21.4. The summed E-state index contributed by atoms with van der Waals surface area (Å²) in [5, 5.41) is 39.4. The van der Waals surface area contributed by atoms with Gasteiger partial charge in [0.2, 0.25) is 12.4 Å². The van der Waals surface area contributed by atoms with Crippen LogP contribution in [0.4, 0.5) is 9.59 Å². The van der Waals surface area contributed by atoms with Crippen molar-refractivity contribution in [3.05, 3.63) is 41.1 Å². The third-order valence-electron chi connectivity index (χ3n) is 14.8. The van der Waals surface area contributed by atoms with Crippen LogP contribution in [0.5, 0.6) is 0 Å². The molecule has 1 aromatic rings. The van der Waals surface area contributed by atoms with Gasteiger partial charge in [0, 0.05) is 25.4 Å². The molecule has 4 aliphatic heterocycles. The number of methoxy groups -OCH3 is 2. The van der Waals surface area contributed by atoms with Gasteiger partial charge < -0.3 is 76.9 Å². The van der Waals surface area contributed by atoms with Crippen LogP contribution in [-0.4, -0.2) is 162 Å². The molecule has 19 nitrogen and oxygen atoms in total. The average molecular weight is 1060 g/mol. The zero-order valence-electron chi connectivity index (χ0n) is 43.8. The summed E-state index contributed by atoms with van der Waals surface area (Å²) >= 11 is 3.75. The van der Waals surface area contributed by atoms with Crippen LogP contribution in [0.2, 0.25) is 0 Å². The number of carbonyl (C=O) groups is 3. The molecule has 0 unspecified atom stereocenters. The Morgan fingerprint density at radius 2 is 1.50 bits per heavy atom. The molecule has 20 atom stereocenters. The number of alkyl halides is 1. The Bertz CT molecular complexity index is 1900. The highest BCUT2D eigenvalue weighted by Gasteiger charge is 2.59. The molecule has 70 heavy (non-hydrogen) atoms. The first-order valence-corrected chi connectivity index (χ1v) is 25.3. The van der Waals surface area contributed by atoms with Crippen LogP contribution in [0, 0.1) is 28.9 Å². The number of cyclic esters (lactones) is 1. The van der Waals surface area contributed by atoms with Crippen LogP contribution < -0.4 is 0 Å². The Balaban J connectivity index is 1.61. The normalized spacial score (nSPS) is 42.9. The summed E-state index contributed by atoms with van der Waals surface area (Å²) in [6.07, 6.45) is -13.3. The van der Waals surface area contributed by atoms with Gasteiger partial charge in [-0.3, -0.25) is 4.79 Å². The van der Waals surface area contributed by atoms with Crippen molar-refractivity contribution in [3.63, 3.8) is 0 Å². The van der Waals surface area contributed by atoms with Gasteiger partial charge in [-0.05, 0) is 79.7 Å². The molecule has 0 spiro atoms. The van der Waals surface area contributed by atoms with E-state index in [-0.39, 0.29) is 25.9 Å². The predicted octanol–water partition coefficient (Wildman–Crippen LogP) is 6.91. The third-order valence-corrected chi connectivity index (χ3v) is 16.1. The number of rotatable bonds is 11. The van der Waals surface area contributed by atoms with Gasteiger partial charge in [-0.1, -0.05) is 74.0 Å². The molecule has 4 fully saturated rings. The van der Waals surface area contributed by atoms with Gasteiger partial charge in [0.1, 0.15) is 30.0 Å². The van der Waals surface area contributed by atoms with Gasteiger partial charge in [-0.15, -0.1) is 0 Å². The van der Waals surface area contributed by atoms with E-state index in [2.05, 4.69) is 15.9 Å². The van der Waals surface area contributed by atoms with Crippen molar-refractivity contribution in [2.75, 3.05) is 28.3 Å². The molecular weight excluding hydrogens is 982 g/mol. The lowest BCUT2D eigenvalue weighted by molar-refractivity contribution is -0.874. The van der Waals surface area contributed by atoms with Crippen LogP contribution in [0.25, 0.3) is 0 Å². The van der Waals surface area contributed by atoms with Crippen molar-refractivity contribution in [2.24, 2.45) is 23.7 Å². The maximum atomic E-state index is 14.8.